The maximum atomic E-state index is 13.2. The Bertz CT molecular complexity index is 1010. The van der Waals surface area contributed by atoms with Crippen LogP contribution in [0.15, 0.2) is 4.99 Å². The molecule has 0 unspecified atom stereocenters. The summed E-state index contributed by atoms with van der Waals surface area (Å²) in [6, 6.07) is -6.43. The smallest absolute Gasteiger partial charge is 0.322 e. The fourth-order valence-electron chi connectivity index (χ4n) is 3.75. The highest BCUT2D eigenvalue weighted by Gasteiger charge is 2.32. The number of nitrogens with two attached hydrogens (primary N) is 3. The van der Waals surface area contributed by atoms with E-state index in [1.54, 1.807) is 20.8 Å². The van der Waals surface area contributed by atoms with E-state index < -0.39 is 85.5 Å². The van der Waals surface area contributed by atoms with E-state index in [2.05, 4.69) is 31.6 Å². The van der Waals surface area contributed by atoms with Crippen LogP contribution in [0.4, 0.5) is 0 Å². The van der Waals surface area contributed by atoms with E-state index in [4.69, 9.17) is 22.3 Å². The molecule has 0 aliphatic heterocycles. The largest absolute Gasteiger partial charge is 0.480 e. The Hall–Kier alpha value is -4.03. The van der Waals surface area contributed by atoms with Crippen LogP contribution in [0.5, 0.6) is 0 Å². The van der Waals surface area contributed by atoms with E-state index in [0.29, 0.717) is 6.42 Å². The van der Waals surface area contributed by atoms with Gasteiger partial charge in [-0.2, -0.15) is 0 Å². The molecule has 0 aromatic carbocycles. The highest BCUT2D eigenvalue weighted by Crippen LogP contribution is 2.08. The van der Waals surface area contributed by atoms with Crippen LogP contribution in [0.3, 0.4) is 0 Å². The Morgan fingerprint density at radius 2 is 1.23 bits per heavy atom. The summed E-state index contributed by atoms with van der Waals surface area (Å²) in [6.07, 6.45) is 0.951. The third-order valence-corrected chi connectivity index (χ3v) is 6.52. The normalized spacial score (nSPS) is 15.0. The molecule has 252 valence electrons. The molecular formula is C26H49N9O9. The van der Waals surface area contributed by atoms with Crippen molar-refractivity contribution in [1.82, 2.24) is 26.6 Å². The molecule has 0 radical (unpaired) electrons. The molecule has 0 heterocycles. The Morgan fingerprint density at radius 3 is 1.68 bits per heavy atom. The zero-order valence-electron chi connectivity index (χ0n) is 25.7. The highest BCUT2D eigenvalue weighted by atomic mass is 16.4. The number of carboxylic acids is 1. The number of hydrogen-bond donors (Lipinski definition) is 11. The number of guanidine groups is 1. The molecule has 0 rings (SSSR count). The molecule has 6 atom stereocenters. The number of aliphatic hydroxyl groups is 2. The van der Waals surface area contributed by atoms with Crippen LogP contribution >= 0.6 is 0 Å². The quantitative estimate of drug-likeness (QED) is 0.0325. The third-order valence-electron chi connectivity index (χ3n) is 6.52. The first-order valence-electron chi connectivity index (χ1n) is 14.3. The minimum absolute atomic E-state index is 0.0284. The fraction of sp³-hybridized carbons (Fsp3) is 0.731. The van der Waals surface area contributed by atoms with Crippen molar-refractivity contribution in [2.24, 2.45) is 34.0 Å². The van der Waals surface area contributed by atoms with Crippen molar-refractivity contribution in [2.45, 2.75) is 83.6 Å². The minimum Gasteiger partial charge on any atom is -0.480 e. The summed E-state index contributed by atoms with van der Waals surface area (Å²) in [6.45, 7) is 4.83. The van der Waals surface area contributed by atoms with Crippen molar-refractivity contribution in [2.75, 3.05) is 26.3 Å². The van der Waals surface area contributed by atoms with Gasteiger partial charge in [-0.1, -0.05) is 34.1 Å². The van der Waals surface area contributed by atoms with Gasteiger partial charge in [-0.25, -0.2) is 0 Å². The van der Waals surface area contributed by atoms with Gasteiger partial charge in [0.1, 0.15) is 30.7 Å². The van der Waals surface area contributed by atoms with Gasteiger partial charge in [-0.05, 0) is 31.1 Å². The molecular weight excluding hydrogens is 582 g/mol. The van der Waals surface area contributed by atoms with Crippen LogP contribution in [0.2, 0.25) is 0 Å². The molecule has 0 aromatic rings. The number of nitrogens with zero attached hydrogens (tertiary/aromatic N) is 1. The number of amides is 5. The Morgan fingerprint density at radius 1 is 0.750 bits per heavy atom. The lowest BCUT2D eigenvalue weighted by Crippen LogP contribution is -2.60. The first kappa shape index (κ1) is 40.0. The van der Waals surface area contributed by atoms with Crippen LogP contribution in [-0.4, -0.2) is 113 Å². The number of carbonyl (C=O) groups is 6. The summed E-state index contributed by atoms with van der Waals surface area (Å²) < 4.78 is 0. The predicted molar refractivity (Wildman–Crippen MR) is 159 cm³/mol. The molecule has 18 nitrogen and oxygen atoms in total. The van der Waals surface area contributed by atoms with E-state index >= 15 is 0 Å². The molecule has 18 heteroatoms. The third kappa shape index (κ3) is 15.4. The van der Waals surface area contributed by atoms with Gasteiger partial charge >= 0.3 is 5.97 Å². The zero-order valence-corrected chi connectivity index (χ0v) is 25.7. The van der Waals surface area contributed by atoms with Gasteiger partial charge in [0.05, 0.1) is 19.3 Å². The van der Waals surface area contributed by atoms with Crippen LogP contribution in [0, 0.1) is 11.8 Å². The van der Waals surface area contributed by atoms with Gasteiger partial charge in [0.25, 0.3) is 0 Å². The summed E-state index contributed by atoms with van der Waals surface area (Å²) in [4.78, 5) is 78.7. The summed E-state index contributed by atoms with van der Waals surface area (Å²) in [5.74, 6) is -6.02. The summed E-state index contributed by atoms with van der Waals surface area (Å²) in [5, 5.41) is 40.0. The second-order valence-electron chi connectivity index (χ2n) is 10.7. The average Bonchev–Trinajstić information content (AvgIpc) is 2.96. The van der Waals surface area contributed by atoms with Crippen molar-refractivity contribution < 1.29 is 44.1 Å². The first-order chi connectivity index (χ1) is 20.6. The lowest BCUT2D eigenvalue weighted by Gasteiger charge is -2.26. The lowest BCUT2D eigenvalue weighted by molar-refractivity contribution is -0.138. The summed E-state index contributed by atoms with van der Waals surface area (Å²) in [7, 11) is 0. The summed E-state index contributed by atoms with van der Waals surface area (Å²) in [5.41, 5.74) is 16.5. The first-order valence-corrected chi connectivity index (χ1v) is 14.3. The van der Waals surface area contributed by atoms with E-state index in [9.17, 15) is 39.0 Å². The molecule has 0 aliphatic carbocycles. The molecule has 5 amide bonds. The minimum atomic E-state index is -1.58. The number of aliphatic hydroxyl groups excluding tert-OH is 2. The van der Waals surface area contributed by atoms with Crippen LogP contribution in [0.25, 0.3) is 0 Å². The molecule has 0 saturated heterocycles. The number of nitrogens with one attached hydrogen (secondary N) is 5. The van der Waals surface area contributed by atoms with Crippen molar-refractivity contribution >= 4 is 41.5 Å². The zero-order chi connectivity index (χ0) is 34.0. The number of rotatable bonds is 21. The fourth-order valence-corrected chi connectivity index (χ4v) is 3.75. The van der Waals surface area contributed by atoms with Crippen molar-refractivity contribution in [3.63, 3.8) is 0 Å². The number of aliphatic carboxylic acids is 1. The second kappa shape index (κ2) is 20.8. The number of carbonyl (C=O) groups excluding carboxylic acids is 5. The van der Waals surface area contributed by atoms with Gasteiger partial charge in [0.2, 0.25) is 29.5 Å². The molecule has 0 aromatic heterocycles. The van der Waals surface area contributed by atoms with Gasteiger partial charge in [-0.3, -0.25) is 33.8 Å². The van der Waals surface area contributed by atoms with Crippen molar-refractivity contribution in [3.8, 4) is 0 Å². The molecule has 0 aliphatic rings. The molecule has 0 spiro atoms. The van der Waals surface area contributed by atoms with Crippen molar-refractivity contribution in [3.05, 3.63) is 0 Å². The Balaban J connectivity index is 5.66. The van der Waals surface area contributed by atoms with Crippen molar-refractivity contribution in [1.29, 1.82) is 0 Å². The SMILES string of the molecule is CC[C@H](C)[C@H](N)C(=O)N[C@@H](CO)C(=O)N[C@@H](CO)C(=O)N[C@@H](CC(C)C)C(=O)N[C@@H](CCCN=C(N)N)C(=O)NCC(=O)O. The van der Waals surface area contributed by atoms with E-state index in [0.717, 1.165) is 0 Å². The van der Waals surface area contributed by atoms with Gasteiger partial charge in [0.15, 0.2) is 5.96 Å². The van der Waals surface area contributed by atoms with Crippen LogP contribution in [0.1, 0.15) is 53.4 Å². The number of carboxylic acid groups (broad SMARTS) is 1. The van der Waals surface area contributed by atoms with Crippen LogP contribution < -0.4 is 43.8 Å². The maximum Gasteiger partial charge on any atom is 0.322 e. The summed E-state index contributed by atoms with van der Waals surface area (Å²) >= 11 is 0. The molecule has 0 fully saturated rings. The molecule has 14 N–H and O–H groups in total. The number of hydrogen-bond acceptors (Lipinski definition) is 10. The van der Waals surface area contributed by atoms with Gasteiger partial charge in [-0.15, -0.1) is 0 Å². The second-order valence-corrected chi connectivity index (χ2v) is 10.7. The predicted octanol–water partition coefficient (Wildman–Crippen LogP) is -4.42. The standard InChI is InChI=1S/C26H49N9O9/c1-5-14(4)20(27)25(44)35-18(12-37)24(43)34-17(11-36)23(42)33-16(9-13(2)3)22(41)32-15(7-6-8-30-26(28)29)21(40)31-10-19(38)39/h13-18,20,36-37H,5-12,27H2,1-4H3,(H,31,40)(H,32,41)(H,33,42)(H,34,43)(H,35,44)(H,38,39)(H4,28,29,30)/t14-,15-,16-,17-,18-,20-/m0/s1. The monoisotopic (exact) mass is 631 g/mol. The Kier molecular flexibility index (Phi) is 18.9. The van der Waals surface area contributed by atoms with E-state index in [1.807, 2.05) is 6.92 Å². The molecule has 0 saturated carbocycles. The average molecular weight is 632 g/mol. The maximum absolute atomic E-state index is 13.2. The van der Waals surface area contributed by atoms with Gasteiger partial charge < -0.3 is 59.1 Å². The topological polar surface area (TPSA) is 314 Å². The van der Waals surface area contributed by atoms with Crippen LogP contribution in [-0.2, 0) is 28.8 Å². The lowest BCUT2D eigenvalue weighted by atomic mass is 9.99. The van der Waals surface area contributed by atoms with E-state index in [-0.39, 0.29) is 43.6 Å². The van der Waals surface area contributed by atoms with Gasteiger partial charge in [0, 0.05) is 6.54 Å². The van der Waals surface area contributed by atoms with E-state index in [1.165, 1.54) is 0 Å². The number of aliphatic imine (C=N–C) groups is 1. The molecule has 44 heavy (non-hydrogen) atoms. The highest BCUT2D eigenvalue weighted by molar-refractivity contribution is 5.96. The molecule has 0 bridgehead atoms. The Labute approximate surface area is 256 Å².